The van der Waals surface area contributed by atoms with E-state index in [0.717, 1.165) is 18.5 Å². The fourth-order valence-corrected chi connectivity index (χ4v) is 2.39. The van der Waals surface area contributed by atoms with E-state index in [2.05, 4.69) is 28.2 Å². The highest BCUT2D eigenvalue weighted by Crippen LogP contribution is 2.32. The van der Waals surface area contributed by atoms with E-state index in [0.29, 0.717) is 16.2 Å². The Balaban J connectivity index is 2.42. The zero-order valence-electron chi connectivity index (χ0n) is 11.5. The third kappa shape index (κ3) is 3.41. The average molecular weight is 342 g/mol. The molecule has 0 saturated heterocycles. The Bertz CT molecular complexity index is 571. The Morgan fingerprint density at radius 2 is 2.15 bits per heavy atom. The predicted octanol–water partition coefficient (Wildman–Crippen LogP) is 4.28. The van der Waals surface area contributed by atoms with Gasteiger partial charge in [0.05, 0.1) is 13.2 Å². The number of halogens is 2. The molecule has 0 spiro atoms. The molecule has 1 aromatic carbocycles. The summed E-state index contributed by atoms with van der Waals surface area (Å²) in [6.45, 7) is 2.87. The molecular weight excluding hydrogens is 325 g/mol. The standard InChI is InChI=1S/C15H17BrFNO2/c1-3-8-18-15(13-6-7-14(16)20-13)11-9-10(17)4-5-12(11)19-2/h4-7,9,15,18H,3,8H2,1-2H3. The first kappa shape index (κ1) is 15.1. The molecule has 108 valence electrons. The molecule has 1 heterocycles. The van der Waals surface area contributed by atoms with Crippen molar-refractivity contribution in [1.82, 2.24) is 5.32 Å². The highest BCUT2D eigenvalue weighted by Gasteiger charge is 2.21. The molecule has 0 aliphatic heterocycles. The van der Waals surface area contributed by atoms with Crippen LogP contribution in [-0.4, -0.2) is 13.7 Å². The quantitative estimate of drug-likeness (QED) is 0.851. The van der Waals surface area contributed by atoms with Crippen molar-refractivity contribution in [3.8, 4) is 5.75 Å². The molecule has 0 aliphatic carbocycles. The van der Waals surface area contributed by atoms with Crippen LogP contribution in [0.5, 0.6) is 5.75 Å². The van der Waals surface area contributed by atoms with E-state index in [1.807, 2.05) is 12.1 Å². The molecule has 1 unspecified atom stereocenters. The molecule has 0 aliphatic rings. The van der Waals surface area contributed by atoms with E-state index in [9.17, 15) is 4.39 Å². The Labute approximate surface area is 126 Å². The number of furan rings is 1. The summed E-state index contributed by atoms with van der Waals surface area (Å²) < 4.78 is 25.2. The van der Waals surface area contributed by atoms with Crippen molar-refractivity contribution in [3.05, 3.63) is 52.1 Å². The summed E-state index contributed by atoms with van der Waals surface area (Å²) in [5.74, 6) is 1.05. The number of nitrogens with one attached hydrogen (secondary N) is 1. The van der Waals surface area contributed by atoms with Gasteiger partial charge in [-0.2, -0.15) is 0 Å². The van der Waals surface area contributed by atoms with Crippen LogP contribution in [0.4, 0.5) is 4.39 Å². The highest BCUT2D eigenvalue weighted by molar-refractivity contribution is 9.10. The molecule has 2 rings (SSSR count). The minimum Gasteiger partial charge on any atom is -0.496 e. The van der Waals surface area contributed by atoms with E-state index in [-0.39, 0.29) is 11.9 Å². The van der Waals surface area contributed by atoms with Gasteiger partial charge in [-0.15, -0.1) is 0 Å². The van der Waals surface area contributed by atoms with Gasteiger partial charge in [0.1, 0.15) is 17.3 Å². The summed E-state index contributed by atoms with van der Waals surface area (Å²) in [5.41, 5.74) is 0.725. The van der Waals surface area contributed by atoms with Gasteiger partial charge in [0, 0.05) is 5.56 Å². The largest absolute Gasteiger partial charge is 0.496 e. The van der Waals surface area contributed by atoms with Gasteiger partial charge in [0.15, 0.2) is 4.67 Å². The van der Waals surface area contributed by atoms with Crippen LogP contribution >= 0.6 is 15.9 Å². The zero-order valence-corrected chi connectivity index (χ0v) is 13.0. The van der Waals surface area contributed by atoms with Gasteiger partial charge >= 0.3 is 0 Å². The third-order valence-corrected chi connectivity index (χ3v) is 3.41. The highest BCUT2D eigenvalue weighted by atomic mass is 79.9. The van der Waals surface area contributed by atoms with E-state index in [1.54, 1.807) is 13.2 Å². The number of hydrogen-bond acceptors (Lipinski definition) is 3. The number of benzene rings is 1. The van der Waals surface area contributed by atoms with Crippen molar-refractivity contribution in [2.75, 3.05) is 13.7 Å². The Morgan fingerprint density at radius 3 is 2.75 bits per heavy atom. The van der Waals surface area contributed by atoms with Crippen LogP contribution in [-0.2, 0) is 0 Å². The van der Waals surface area contributed by atoms with Gasteiger partial charge in [-0.3, -0.25) is 0 Å². The summed E-state index contributed by atoms with van der Waals surface area (Å²) in [5, 5.41) is 3.36. The minimum absolute atomic E-state index is 0.244. The first-order valence-electron chi connectivity index (χ1n) is 6.47. The maximum Gasteiger partial charge on any atom is 0.169 e. The molecule has 0 saturated carbocycles. The van der Waals surface area contributed by atoms with Gasteiger partial charge in [-0.1, -0.05) is 6.92 Å². The lowest BCUT2D eigenvalue weighted by atomic mass is 10.0. The topological polar surface area (TPSA) is 34.4 Å². The first-order valence-corrected chi connectivity index (χ1v) is 7.27. The zero-order chi connectivity index (χ0) is 14.5. The second kappa shape index (κ2) is 6.90. The van der Waals surface area contributed by atoms with E-state index in [1.165, 1.54) is 12.1 Å². The van der Waals surface area contributed by atoms with Gasteiger partial charge in [-0.05, 0) is 59.2 Å². The van der Waals surface area contributed by atoms with Crippen molar-refractivity contribution in [1.29, 1.82) is 0 Å². The molecule has 5 heteroatoms. The second-order valence-corrected chi connectivity index (χ2v) is 5.20. The number of ether oxygens (including phenoxy) is 1. The Kier molecular flexibility index (Phi) is 5.20. The molecule has 1 aromatic heterocycles. The summed E-state index contributed by atoms with van der Waals surface area (Å²) in [4.78, 5) is 0. The summed E-state index contributed by atoms with van der Waals surface area (Å²) in [6, 6.07) is 7.93. The first-order chi connectivity index (χ1) is 9.65. The van der Waals surface area contributed by atoms with Crippen LogP contribution in [0, 0.1) is 5.82 Å². The lowest BCUT2D eigenvalue weighted by molar-refractivity contribution is 0.387. The molecule has 1 atom stereocenters. The summed E-state index contributed by atoms with van der Waals surface area (Å²) >= 11 is 3.29. The van der Waals surface area contributed by atoms with Crippen molar-refractivity contribution < 1.29 is 13.5 Å². The predicted molar refractivity (Wildman–Crippen MR) is 79.5 cm³/mol. The molecule has 0 bridgehead atoms. The lowest BCUT2D eigenvalue weighted by Crippen LogP contribution is -2.23. The summed E-state index contributed by atoms with van der Waals surface area (Å²) in [6.07, 6.45) is 0.968. The number of rotatable bonds is 6. The fourth-order valence-electron chi connectivity index (χ4n) is 2.07. The van der Waals surface area contributed by atoms with Crippen LogP contribution in [0.15, 0.2) is 39.4 Å². The van der Waals surface area contributed by atoms with Gasteiger partial charge < -0.3 is 14.5 Å². The SMILES string of the molecule is CCCNC(c1ccc(Br)o1)c1cc(F)ccc1OC. The average Bonchev–Trinajstić information content (AvgIpc) is 2.86. The maximum atomic E-state index is 13.6. The lowest BCUT2D eigenvalue weighted by Gasteiger charge is -2.19. The van der Waals surface area contributed by atoms with Crippen LogP contribution in [0.25, 0.3) is 0 Å². The Morgan fingerprint density at radius 1 is 1.35 bits per heavy atom. The normalized spacial score (nSPS) is 12.4. The molecule has 3 nitrogen and oxygen atoms in total. The van der Waals surface area contributed by atoms with Gasteiger partial charge in [0.25, 0.3) is 0 Å². The fraction of sp³-hybridized carbons (Fsp3) is 0.333. The maximum absolute atomic E-state index is 13.6. The third-order valence-electron chi connectivity index (χ3n) is 2.98. The molecule has 1 N–H and O–H groups in total. The molecular formula is C15H17BrFNO2. The van der Waals surface area contributed by atoms with Gasteiger partial charge in [-0.25, -0.2) is 4.39 Å². The smallest absolute Gasteiger partial charge is 0.169 e. The van der Waals surface area contributed by atoms with Crippen molar-refractivity contribution in [2.45, 2.75) is 19.4 Å². The van der Waals surface area contributed by atoms with Crippen molar-refractivity contribution in [2.24, 2.45) is 0 Å². The van der Waals surface area contributed by atoms with Crippen LogP contribution in [0.2, 0.25) is 0 Å². The van der Waals surface area contributed by atoms with Crippen LogP contribution in [0.3, 0.4) is 0 Å². The molecule has 0 amide bonds. The van der Waals surface area contributed by atoms with E-state index in [4.69, 9.17) is 9.15 Å². The monoisotopic (exact) mass is 341 g/mol. The van der Waals surface area contributed by atoms with Crippen molar-refractivity contribution in [3.63, 3.8) is 0 Å². The second-order valence-electron chi connectivity index (χ2n) is 4.42. The molecule has 20 heavy (non-hydrogen) atoms. The Hall–Kier alpha value is -1.33. The van der Waals surface area contributed by atoms with Gasteiger partial charge in [0.2, 0.25) is 0 Å². The molecule has 0 radical (unpaired) electrons. The number of methoxy groups -OCH3 is 1. The van der Waals surface area contributed by atoms with Crippen molar-refractivity contribution >= 4 is 15.9 Å². The minimum atomic E-state index is -0.297. The van der Waals surface area contributed by atoms with Crippen LogP contribution in [0.1, 0.15) is 30.7 Å². The number of hydrogen-bond donors (Lipinski definition) is 1. The summed E-state index contributed by atoms with van der Waals surface area (Å²) in [7, 11) is 1.58. The molecule has 2 aromatic rings. The molecule has 0 fully saturated rings. The van der Waals surface area contributed by atoms with E-state index < -0.39 is 0 Å². The van der Waals surface area contributed by atoms with E-state index >= 15 is 0 Å². The van der Waals surface area contributed by atoms with Crippen LogP contribution < -0.4 is 10.1 Å².